The number of likely N-dealkylation sites (N-methyl/N-ethyl adjacent to an activating group) is 1. The molecule has 0 bridgehead atoms. The molecule has 0 aliphatic heterocycles. The lowest BCUT2D eigenvalue weighted by atomic mass is 10.1. The molecule has 0 radical (unpaired) electrons. The summed E-state index contributed by atoms with van der Waals surface area (Å²) in [5, 5.41) is 11.1. The van der Waals surface area contributed by atoms with Crippen LogP contribution in [0.2, 0.25) is 0 Å². The molecule has 0 heterocycles. The van der Waals surface area contributed by atoms with Gasteiger partial charge in [0.1, 0.15) is 0 Å². The smallest absolute Gasteiger partial charge is 0.153 e. The second-order valence-corrected chi connectivity index (χ2v) is 2.10. The zero-order valence-corrected chi connectivity index (χ0v) is 6.13. The maximum absolute atomic E-state index is 10.8. The maximum atomic E-state index is 10.8. The van der Waals surface area contributed by atoms with Gasteiger partial charge >= 0.3 is 0 Å². The molecule has 0 amide bonds. The maximum Gasteiger partial charge on any atom is 0.153 e. The third-order valence-electron chi connectivity index (χ3n) is 1.20. The van der Waals surface area contributed by atoms with Crippen LogP contribution in [0.25, 0.3) is 0 Å². The van der Waals surface area contributed by atoms with E-state index < -0.39 is 6.04 Å². The molecule has 0 spiro atoms. The molecule has 4 heteroatoms. The lowest BCUT2D eigenvalue weighted by Gasteiger charge is -2.07. The van der Waals surface area contributed by atoms with Gasteiger partial charge in [-0.05, 0) is 7.05 Å². The zero-order valence-electron chi connectivity index (χ0n) is 6.13. The number of rotatable bonds is 5. The molecule has 0 fully saturated rings. The Morgan fingerprint density at radius 2 is 2.40 bits per heavy atom. The summed E-state index contributed by atoms with van der Waals surface area (Å²) < 4.78 is 0. The highest BCUT2D eigenvalue weighted by Crippen LogP contribution is 1.85. The van der Waals surface area contributed by atoms with Crippen LogP contribution in [0.1, 0.15) is 6.42 Å². The summed E-state index contributed by atoms with van der Waals surface area (Å²) in [5.41, 5.74) is 5.39. The molecule has 0 aromatic rings. The van der Waals surface area contributed by atoms with Crippen molar-refractivity contribution in [1.82, 2.24) is 5.32 Å². The van der Waals surface area contributed by atoms with E-state index in [0.29, 0.717) is 6.54 Å². The number of Topliss-reactive ketones (excluding diaryl/α,β-unsaturated/α-hetero) is 1. The fourth-order valence-electron chi connectivity index (χ4n) is 0.629. The molecule has 60 valence electrons. The average molecular weight is 146 g/mol. The molecule has 0 saturated carbocycles. The third kappa shape index (κ3) is 3.55. The predicted octanol–water partition coefficient (Wildman–Crippen LogP) is -1.52. The Hall–Kier alpha value is -0.450. The molecule has 10 heavy (non-hydrogen) atoms. The van der Waals surface area contributed by atoms with Crippen molar-refractivity contribution in [2.45, 2.75) is 12.5 Å². The summed E-state index contributed by atoms with van der Waals surface area (Å²) >= 11 is 0. The van der Waals surface area contributed by atoms with Gasteiger partial charge in [0, 0.05) is 13.0 Å². The van der Waals surface area contributed by atoms with Gasteiger partial charge in [0.25, 0.3) is 0 Å². The SMILES string of the molecule is CNCC(N)C(=O)CCO. The van der Waals surface area contributed by atoms with E-state index in [-0.39, 0.29) is 18.8 Å². The molecular formula is C6H14N2O2. The lowest BCUT2D eigenvalue weighted by Crippen LogP contribution is -2.39. The van der Waals surface area contributed by atoms with Crippen molar-refractivity contribution in [3.63, 3.8) is 0 Å². The van der Waals surface area contributed by atoms with Gasteiger partial charge in [-0.2, -0.15) is 0 Å². The van der Waals surface area contributed by atoms with Crippen LogP contribution in [0.3, 0.4) is 0 Å². The fraction of sp³-hybridized carbons (Fsp3) is 0.833. The van der Waals surface area contributed by atoms with Crippen molar-refractivity contribution in [2.24, 2.45) is 5.73 Å². The molecule has 0 aromatic heterocycles. The third-order valence-corrected chi connectivity index (χ3v) is 1.20. The molecule has 4 N–H and O–H groups in total. The Balaban J connectivity index is 3.49. The van der Waals surface area contributed by atoms with Crippen LogP contribution >= 0.6 is 0 Å². The number of ketones is 1. The Bertz CT molecular complexity index is 106. The van der Waals surface area contributed by atoms with Gasteiger partial charge in [-0.1, -0.05) is 0 Å². The Kier molecular flexibility index (Phi) is 5.10. The summed E-state index contributed by atoms with van der Waals surface area (Å²) in [6.07, 6.45) is 0.156. The van der Waals surface area contributed by atoms with Crippen LogP contribution in [-0.2, 0) is 4.79 Å². The lowest BCUT2D eigenvalue weighted by molar-refractivity contribution is -0.120. The quantitative estimate of drug-likeness (QED) is 0.440. The van der Waals surface area contributed by atoms with Gasteiger partial charge in [-0.25, -0.2) is 0 Å². The van der Waals surface area contributed by atoms with Crippen LogP contribution in [0, 0.1) is 0 Å². The minimum atomic E-state index is -0.475. The summed E-state index contributed by atoms with van der Waals surface area (Å²) in [7, 11) is 1.73. The number of nitrogens with one attached hydrogen (secondary N) is 1. The second kappa shape index (κ2) is 5.34. The number of aliphatic hydroxyl groups is 1. The van der Waals surface area contributed by atoms with Crippen LogP contribution in [0.4, 0.5) is 0 Å². The van der Waals surface area contributed by atoms with E-state index in [1.165, 1.54) is 0 Å². The highest BCUT2D eigenvalue weighted by Gasteiger charge is 2.10. The highest BCUT2D eigenvalue weighted by atomic mass is 16.3. The normalized spacial score (nSPS) is 13.1. The largest absolute Gasteiger partial charge is 0.396 e. The standard InChI is InChI=1S/C6H14N2O2/c1-8-4-5(7)6(10)2-3-9/h5,8-9H,2-4,7H2,1H3. The molecule has 0 rings (SSSR count). The Morgan fingerprint density at radius 1 is 1.80 bits per heavy atom. The minimum absolute atomic E-state index is 0.100. The van der Waals surface area contributed by atoms with E-state index >= 15 is 0 Å². The van der Waals surface area contributed by atoms with Gasteiger partial charge in [0.2, 0.25) is 0 Å². The first-order chi connectivity index (χ1) is 4.72. The monoisotopic (exact) mass is 146 g/mol. The first-order valence-corrected chi connectivity index (χ1v) is 3.26. The van der Waals surface area contributed by atoms with E-state index in [9.17, 15) is 4.79 Å². The van der Waals surface area contributed by atoms with E-state index in [0.717, 1.165) is 0 Å². The number of aliphatic hydroxyl groups excluding tert-OH is 1. The van der Waals surface area contributed by atoms with Gasteiger partial charge in [0.15, 0.2) is 5.78 Å². The summed E-state index contributed by atoms with van der Waals surface area (Å²) in [4.78, 5) is 10.8. The van der Waals surface area contributed by atoms with Gasteiger partial charge in [-0.3, -0.25) is 4.79 Å². The van der Waals surface area contributed by atoms with E-state index in [2.05, 4.69) is 5.32 Å². The van der Waals surface area contributed by atoms with Gasteiger partial charge < -0.3 is 16.2 Å². The summed E-state index contributed by atoms with van der Waals surface area (Å²) in [5.74, 6) is -0.100. The van der Waals surface area contributed by atoms with E-state index in [1.54, 1.807) is 7.05 Å². The molecule has 1 unspecified atom stereocenters. The molecule has 0 aliphatic rings. The van der Waals surface area contributed by atoms with Crippen molar-refractivity contribution in [2.75, 3.05) is 20.2 Å². The number of carbonyl (C=O) groups excluding carboxylic acids is 1. The first kappa shape index (κ1) is 9.55. The fourth-order valence-corrected chi connectivity index (χ4v) is 0.629. The first-order valence-electron chi connectivity index (χ1n) is 3.26. The molecule has 0 saturated heterocycles. The topological polar surface area (TPSA) is 75.3 Å². The number of hydrogen-bond donors (Lipinski definition) is 3. The molecule has 4 nitrogen and oxygen atoms in total. The number of carbonyl (C=O) groups is 1. The van der Waals surface area contributed by atoms with Crippen molar-refractivity contribution in [3.05, 3.63) is 0 Å². The van der Waals surface area contributed by atoms with Crippen molar-refractivity contribution >= 4 is 5.78 Å². The van der Waals surface area contributed by atoms with E-state index in [4.69, 9.17) is 10.8 Å². The summed E-state index contributed by atoms with van der Waals surface area (Å²) in [6.45, 7) is 0.356. The minimum Gasteiger partial charge on any atom is -0.396 e. The van der Waals surface area contributed by atoms with Crippen LogP contribution in [0.5, 0.6) is 0 Å². The van der Waals surface area contributed by atoms with Crippen molar-refractivity contribution in [1.29, 1.82) is 0 Å². The second-order valence-electron chi connectivity index (χ2n) is 2.10. The van der Waals surface area contributed by atoms with Gasteiger partial charge in [-0.15, -0.1) is 0 Å². The van der Waals surface area contributed by atoms with Crippen molar-refractivity contribution < 1.29 is 9.90 Å². The predicted molar refractivity (Wildman–Crippen MR) is 38.6 cm³/mol. The molecule has 1 atom stereocenters. The summed E-state index contributed by atoms with van der Waals surface area (Å²) in [6, 6.07) is -0.475. The number of hydrogen-bond acceptors (Lipinski definition) is 4. The van der Waals surface area contributed by atoms with E-state index in [1.807, 2.05) is 0 Å². The number of nitrogens with two attached hydrogens (primary N) is 1. The Labute approximate surface area is 60.4 Å². The Morgan fingerprint density at radius 3 is 2.80 bits per heavy atom. The average Bonchev–Trinajstić information content (AvgIpc) is 1.89. The van der Waals surface area contributed by atoms with Crippen LogP contribution in [0.15, 0.2) is 0 Å². The van der Waals surface area contributed by atoms with Crippen LogP contribution < -0.4 is 11.1 Å². The molecule has 0 aromatic carbocycles. The van der Waals surface area contributed by atoms with Crippen LogP contribution in [-0.4, -0.2) is 37.1 Å². The molecule has 0 aliphatic carbocycles. The molecular weight excluding hydrogens is 132 g/mol. The van der Waals surface area contributed by atoms with Gasteiger partial charge in [0.05, 0.1) is 12.6 Å². The highest BCUT2D eigenvalue weighted by molar-refractivity contribution is 5.84. The zero-order chi connectivity index (χ0) is 7.98. The van der Waals surface area contributed by atoms with Crippen molar-refractivity contribution in [3.8, 4) is 0 Å².